The lowest BCUT2D eigenvalue weighted by Gasteiger charge is -2.33. The first-order chi connectivity index (χ1) is 16.6. The molecule has 0 radical (unpaired) electrons. The standard InChI is InChI=1S/C26H34IN3O4S/c1-4-24(26(32)28-22-10-5-6-11-22)29(17-20-9-7-8-19(2)16-20)25(31)18-30(35(3,33)34)23-14-12-21(27)13-15-23/h7-9,12-16,22,24H,4-6,10-11,17-18H2,1-3H3,(H,28,32)/t24-/m0/s1. The number of rotatable bonds is 10. The number of hydrogen-bond donors (Lipinski definition) is 1. The predicted octanol–water partition coefficient (Wildman–Crippen LogP) is 4.23. The normalized spacial score (nSPS) is 15.0. The molecule has 0 unspecified atom stereocenters. The number of carbonyl (C=O) groups excluding carboxylic acids is 2. The average Bonchev–Trinajstić information content (AvgIpc) is 3.30. The van der Waals surface area contributed by atoms with Crippen molar-refractivity contribution in [1.82, 2.24) is 10.2 Å². The Labute approximate surface area is 222 Å². The second-order valence-electron chi connectivity index (χ2n) is 9.17. The molecule has 1 aliphatic carbocycles. The van der Waals surface area contributed by atoms with E-state index in [0.29, 0.717) is 12.1 Å². The molecule has 0 spiro atoms. The summed E-state index contributed by atoms with van der Waals surface area (Å²) < 4.78 is 27.4. The molecular formula is C26H34IN3O4S. The highest BCUT2D eigenvalue weighted by atomic mass is 127. The summed E-state index contributed by atoms with van der Waals surface area (Å²) in [6.07, 6.45) is 5.59. The number of nitrogens with zero attached hydrogens (tertiary/aromatic N) is 2. The van der Waals surface area contributed by atoms with Crippen LogP contribution in [-0.2, 0) is 26.2 Å². The van der Waals surface area contributed by atoms with Crippen LogP contribution in [0.5, 0.6) is 0 Å². The molecule has 190 valence electrons. The fourth-order valence-corrected chi connectivity index (χ4v) is 5.72. The molecule has 1 saturated carbocycles. The van der Waals surface area contributed by atoms with Gasteiger partial charge in [-0.15, -0.1) is 0 Å². The highest BCUT2D eigenvalue weighted by Gasteiger charge is 2.33. The topological polar surface area (TPSA) is 86.8 Å². The van der Waals surface area contributed by atoms with Gasteiger partial charge in [0.1, 0.15) is 12.6 Å². The Kier molecular flexibility index (Phi) is 9.57. The van der Waals surface area contributed by atoms with E-state index in [4.69, 9.17) is 0 Å². The first-order valence-corrected chi connectivity index (χ1v) is 14.9. The van der Waals surface area contributed by atoms with Crippen LogP contribution in [-0.4, -0.2) is 50.0 Å². The predicted molar refractivity (Wildman–Crippen MR) is 148 cm³/mol. The molecule has 1 atom stereocenters. The van der Waals surface area contributed by atoms with E-state index in [2.05, 4.69) is 27.9 Å². The maximum atomic E-state index is 13.7. The van der Waals surface area contributed by atoms with Crippen LogP contribution in [0.2, 0.25) is 0 Å². The fraction of sp³-hybridized carbons (Fsp3) is 0.462. The number of benzene rings is 2. The van der Waals surface area contributed by atoms with E-state index in [1.165, 1.54) is 4.90 Å². The monoisotopic (exact) mass is 611 g/mol. The minimum absolute atomic E-state index is 0.131. The van der Waals surface area contributed by atoms with Crippen molar-refractivity contribution in [3.63, 3.8) is 0 Å². The molecule has 7 nitrogen and oxygen atoms in total. The van der Waals surface area contributed by atoms with Gasteiger partial charge in [-0.1, -0.05) is 49.6 Å². The molecule has 1 N–H and O–H groups in total. The number of hydrogen-bond acceptors (Lipinski definition) is 4. The van der Waals surface area contributed by atoms with Gasteiger partial charge in [0.2, 0.25) is 21.8 Å². The summed E-state index contributed by atoms with van der Waals surface area (Å²) >= 11 is 2.15. The molecule has 0 saturated heterocycles. The lowest BCUT2D eigenvalue weighted by Crippen LogP contribution is -2.53. The number of carbonyl (C=O) groups is 2. The van der Waals surface area contributed by atoms with Crippen LogP contribution >= 0.6 is 22.6 Å². The molecule has 9 heteroatoms. The average molecular weight is 612 g/mol. The van der Waals surface area contributed by atoms with Crippen LogP contribution in [0.4, 0.5) is 5.69 Å². The highest BCUT2D eigenvalue weighted by molar-refractivity contribution is 14.1. The molecule has 0 heterocycles. The van der Waals surface area contributed by atoms with Crippen LogP contribution in [0, 0.1) is 10.5 Å². The molecule has 0 aromatic heterocycles. The number of aryl methyl sites for hydroxylation is 1. The second-order valence-corrected chi connectivity index (χ2v) is 12.3. The van der Waals surface area contributed by atoms with Crippen LogP contribution in [0.25, 0.3) is 0 Å². The minimum atomic E-state index is -3.73. The van der Waals surface area contributed by atoms with Crippen LogP contribution in [0.1, 0.15) is 50.2 Å². The van der Waals surface area contributed by atoms with Crippen molar-refractivity contribution in [2.24, 2.45) is 0 Å². The summed E-state index contributed by atoms with van der Waals surface area (Å²) in [6.45, 7) is 3.70. The first kappa shape index (κ1) is 27.4. The number of amides is 2. The van der Waals surface area contributed by atoms with Gasteiger partial charge in [0.15, 0.2) is 0 Å². The Morgan fingerprint density at radius 1 is 1.11 bits per heavy atom. The Balaban J connectivity index is 1.91. The zero-order valence-electron chi connectivity index (χ0n) is 20.5. The largest absolute Gasteiger partial charge is 0.352 e. The van der Waals surface area contributed by atoms with Crippen LogP contribution in [0.3, 0.4) is 0 Å². The summed E-state index contributed by atoms with van der Waals surface area (Å²) in [5.74, 6) is -0.593. The summed E-state index contributed by atoms with van der Waals surface area (Å²) in [4.78, 5) is 28.5. The van der Waals surface area contributed by atoms with Crippen molar-refractivity contribution in [3.05, 3.63) is 63.2 Å². The number of anilines is 1. The van der Waals surface area contributed by atoms with Gasteiger partial charge in [-0.05, 0) is 78.6 Å². The van der Waals surface area contributed by atoms with E-state index in [-0.39, 0.29) is 25.0 Å². The van der Waals surface area contributed by atoms with Crippen LogP contribution in [0.15, 0.2) is 48.5 Å². The van der Waals surface area contributed by atoms with Crippen LogP contribution < -0.4 is 9.62 Å². The molecule has 3 rings (SSSR count). The maximum Gasteiger partial charge on any atom is 0.244 e. The lowest BCUT2D eigenvalue weighted by molar-refractivity contribution is -0.140. The Morgan fingerprint density at radius 2 is 1.77 bits per heavy atom. The summed E-state index contributed by atoms with van der Waals surface area (Å²) in [6, 6.07) is 14.2. The van der Waals surface area contributed by atoms with Crippen molar-refractivity contribution < 1.29 is 18.0 Å². The number of halogens is 1. The van der Waals surface area contributed by atoms with Gasteiger partial charge in [-0.25, -0.2) is 8.42 Å². The molecular weight excluding hydrogens is 577 g/mol. The van der Waals surface area contributed by atoms with E-state index in [9.17, 15) is 18.0 Å². The van der Waals surface area contributed by atoms with Crippen molar-refractivity contribution in [2.45, 2.75) is 64.6 Å². The van der Waals surface area contributed by atoms with Crippen molar-refractivity contribution in [3.8, 4) is 0 Å². The molecule has 1 aliphatic rings. The van der Waals surface area contributed by atoms with E-state index >= 15 is 0 Å². The van der Waals surface area contributed by atoms with Gasteiger partial charge in [0.05, 0.1) is 11.9 Å². The van der Waals surface area contributed by atoms with Gasteiger partial charge >= 0.3 is 0 Å². The highest BCUT2D eigenvalue weighted by Crippen LogP contribution is 2.22. The molecule has 35 heavy (non-hydrogen) atoms. The third-order valence-electron chi connectivity index (χ3n) is 6.32. The van der Waals surface area contributed by atoms with Gasteiger partial charge < -0.3 is 10.2 Å². The lowest BCUT2D eigenvalue weighted by atomic mass is 10.1. The van der Waals surface area contributed by atoms with E-state index < -0.39 is 22.0 Å². The molecule has 0 bridgehead atoms. The molecule has 1 fully saturated rings. The quantitative estimate of drug-likeness (QED) is 0.408. The SMILES string of the molecule is CC[C@@H](C(=O)NC1CCCC1)N(Cc1cccc(C)c1)C(=O)CN(c1ccc(I)cc1)S(C)(=O)=O. The molecule has 2 amide bonds. The Hall–Kier alpha value is -2.14. The molecule has 2 aromatic carbocycles. The Bertz CT molecular complexity index is 1130. The van der Waals surface area contributed by atoms with Crippen molar-refractivity contribution in [1.29, 1.82) is 0 Å². The third kappa shape index (κ3) is 7.67. The number of sulfonamides is 1. The summed E-state index contributed by atoms with van der Waals surface area (Å²) in [7, 11) is -3.73. The van der Waals surface area contributed by atoms with Gasteiger partial charge in [0, 0.05) is 16.2 Å². The minimum Gasteiger partial charge on any atom is -0.352 e. The fourth-order valence-electron chi connectivity index (χ4n) is 4.52. The maximum absolute atomic E-state index is 13.7. The number of nitrogens with one attached hydrogen (secondary N) is 1. The van der Waals surface area contributed by atoms with Crippen molar-refractivity contribution in [2.75, 3.05) is 17.1 Å². The Morgan fingerprint density at radius 3 is 2.34 bits per heavy atom. The molecule has 2 aromatic rings. The third-order valence-corrected chi connectivity index (χ3v) is 8.18. The van der Waals surface area contributed by atoms with Gasteiger partial charge in [0.25, 0.3) is 0 Å². The molecule has 0 aliphatic heterocycles. The first-order valence-electron chi connectivity index (χ1n) is 12.0. The van der Waals surface area contributed by atoms with Crippen molar-refractivity contribution >= 4 is 50.1 Å². The summed E-state index contributed by atoms with van der Waals surface area (Å²) in [5, 5.41) is 3.12. The zero-order valence-corrected chi connectivity index (χ0v) is 23.5. The van der Waals surface area contributed by atoms with E-state index in [0.717, 1.165) is 50.9 Å². The van der Waals surface area contributed by atoms with Gasteiger partial charge in [-0.3, -0.25) is 13.9 Å². The second kappa shape index (κ2) is 12.2. The van der Waals surface area contributed by atoms with E-state index in [1.54, 1.807) is 24.3 Å². The van der Waals surface area contributed by atoms with Gasteiger partial charge in [-0.2, -0.15) is 0 Å². The summed E-state index contributed by atoms with van der Waals surface area (Å²) in [5.41, 5.74) is 2.36. The van der Waals surface area contributed by atoms with E-state index in [1.807, 2.05) is 38.1 Å². The smallest absolute Gasteiger partial charge is 0.244 e. The zero-order chi connectivity index (χ0) is 25.6.